The Balaban J connectivity index is 1.43. The Hall–Kier alpha value is -3.59. The van der Waals surface area contributed by atoms with E-state index in [2.05, 4.69) is 10.6 Å². The molecule has 2 aromatic carbocycles. The quantitative estimate of drug-likeness (QED) is 0.527. The van der Waals surface area contributed by atoms with Gasteiger partial charge in [0.1, 0.15) is 18.4 Å². The molecule has 1 atom stereocenters. The molecule has 3 amide bonds. The van der Waals surface area contributed by atoms with Gasteiger partial charge in [0.05, 0.1) is 18.2 Å². The number of phenols is 1. The number of aliphatic hydroxyl groups is 1. The van der Waals surface area contributed by atoms with Gasteiger partial charge in [-0.25, -0.2) is 4.79 Å². The standard InChI is InChI=1S/C21H23N3O6/c25-12-17(23-21(29)30-13-14-6-2-1-3-7-14)19(27)22-15-10-24(11-15)20(28)16-8-4-5-9-18(16)26/h1-9,15,17,25-26H,10-13H2,(H,22,27)(H,23,29). The van der Waals surface area contributed by atoms with Gasteiger partial charge in [0.25, 0.3) is 5.91 Å². The molecule has 1 heterocycles. The van der Waals surface area contributed by atoms with E-state index < -0.39 is 24.6 Å². The van der Waals surface area contributed by atoms with E-state index in [4.69, 9.17) is 4.74 Å². The Labute approximate surface area is 173 Å². The van der Waals surface area contributed by atoms with Crippen molar-refractivity contribution in [2.45, 2.75) is 18.7 Å². The van der Waals surface area contributed by atoms with Crippen molar-refractivity contribution in [3.05, 3.63) is 65.7 Å². The molecule has 4 N–H and O–H groups in total. The number of phenolic OH excluding ortho intramolecular Hbond substituents is 1. The SMILES string of the molecule is O=C(NC(CO)C(=O)NC1CN(C(=O)c2ccccc2O)C1)OCc1ccccc1. The average Bonchev–Trinajstić information content (AvgIpc) is 2.73. The van der Waals surface area contributed by atoms with Crippen molar-refractivity contribution >= 4 is 17.9 Å². The van der Waals surface area contributed by atoms with Gasteiger partial charge < -0.3 is 30.5 Å². The van der Waals surface area contributed by atoms with Gasteiger partial charge in [0.15, 0.2) is 0 Å². The number of hydrogen-bond acceptors (Lipinski definition) is 6. The number of nitrogens with zero attached hydrogens (tertiary/aromatic N) is 1. The fraction of sp³-hybridized carbons (Fsp3) is 0.286. The number of benzene rings is 2. The number of amides is 3. The smallest absolute Gasteiger partial charge is 0.408 e. The highest BCUT2D eigenvalue weighted by atomic mass is 16.5. The van der Waals surface area contributed by atoms with Crippen LogP contribution in [0.4, 0.5) is 4.79 Å². The van der Waals surface area contributed by atoms with Gasteiger partial charge >= 0.3 is 6.09 Å². The van der Waals surface area contributed by atoms with Gasteiger partial charge in [0, 0.05) is 13.1 Å². The van der Waals surface area contributed by atoms with Crippen LogP contribution in [0.3, 0.4) is 0 Å². The number of para-hydroxylation sites is 1. The Morgan fingerprint density at radius 3 is 2.40 bits per heavy atom. The maximum atomic E-state index is 12.3. The topological polar surface area (TPSA) is 128 Å². The van der Waals surface area contributed by atoms with Crippen LogP contribution in [0.25, 0.3) is 0 Å². The van der Waals surface area contributed by atoms with Crippen LogP contribution in [0.2, 0.25) is 0 Å². The van der Waals surface area contributed by atoms with Crippen LogP contribution < -0.4 is 10.6 Å². The third kappa shape index (κ3) is 5.26. The fourth-order valence-electron chi connectivity index (χ4n) is 2.96. The molecule has 158 valence electrons. The molecule has 0 radical (unpaired) electrons. The monoisotopic (exact) mass is 413 g/mol. The predicted octanol–water partition coefficient (Wildman–Crippen LogP) is 0.620. The van der Waals surface area contributed by atoms with Crippen molar-refractivity contribution in [3.63, 3.8) is 0 Å². The first-order valence-electron chi connectivity index (χ1n) is 9.43. The number of alkyl carbamates (subject to hydrolysis) is 1. The molecule has 0 spiro atoms. The van der Waals surface area contributed by atoms with E-state index in [0.29, 0.717) is 0 Å². The third-order valence-electron chi connectivity index (χ3n) is 4.65. The highest BCUT2D eigenvalue weighted by Crippen LogP contribution is 2.20. The van der Waals surface area contributed by atoms with Crippen LogP contribution in [-0.2, 0) is 16.1 Å². The summed E-state index contributed by atoms with van der Waals surface area (Å²) in [5.74, 6) is -1.01. The Morgan fingerprint density at radius 2 is 1.73 bits per heavy atom. The Kier molecular flexibility index (Phi) is 6.87. The molecule has 1 unspecified atom stereocenters. The van der Waals surface area contributed by atoms with Crippen molar-refractivity contribution < 1.29 is 29.3 Å². The van der Waals surface area contributed by atoms with Crippen LogP contribution >= 0.6 is 0 Å². The number of rotatable bonds is 7. The summed E-state index contributed by atoms with van der Waals surface area (Å²) >= 11 is 0. The lowest BCUT2D eigenvalue weighted by Gasteiger charge is -2.40. The van der Waals surface area contributed by atoms with Crippen LogP contribution in [0.15, 0.2) is 54.6 Å². The molecule has 1 fully saturated rings. The van der Waals surface area contributed by atoms with Gasteiger partial charge in [-0.3, -0.25) is 9.59 Å². The Bertz CT molecular complexity index is 899. The second kappa shape index (κ2) is 9.75. The highest BCUT2D eigenvalue weighted by Gasteiger charge is 2.34. The third-order valence-corrected chi connectivity index (χ3v) is 4.65. The summed E-state index contributed by atoms with van der Waals surface area (Å²) in [4.78, 5) is 38.0. The number of aliphatic hydroxyl groups excluding tert-OH is 1. The summed E-state index contributed by atoms with van der Waals surface area (Å²) in [6, 6.07) is 13.8. The molecule has 0 aliphatic carbocycles. The lowest BCUT2D eigenvalue weighted by atomic mass is 10.1. The lowest BCUT2D eigenvalue weighted by Crippen LogP contribution is -2.63. The molecule has 3 rings (SSSR count). The van der Waals surface area contributed by atoms with Crippen molar-refractivity contribution in [3.8, 4) is 5.75 Å². The first-order chi connectivity index (χ1) is 14.5. The lowest BCUT2D eigenvalue weighted by molar-refractivity contribution is -0.125. The number of hydrogen-bond donors (Lipinski definition) is 4. The van der Waals surface area contributed by atoms with Crippen molar-refractivity contribution in [2.24, 2.45) is 0 Å². The van der Waals surface area contributed by atoms with Crippen molar-refractivity contribution in [2.75, 3.05) is 19.7 Å². The number of nitrogens with one attached hydrogen (secondary N) is 2. The van der Waals surface area contributed by atoms with Gasteiger partial charge in [-0.1, -0.05) is 42.5 Å². The van der Waals surface area contributed by atoms with Gasteiger partial charge in [-0.05, 0) is 17.7 Å². The first kappa shape index (κ1) is 21.1. The summed E-state index contributed by atoms with van der Waals surface area (Å²) < 4.78 is 5.05. The zero-order valence-corrected chi connectivity index (χ0v) is 16.2. The molecule has 9 heteroatoms. The molecule has 1 saturated heterocycles. The minimum Gasteiger partial charge on any atom is -0.507 e. The fourth-order valence-corrected chi connectivity index (χ4v) is 2.96. The number of likely N-dealkylation sites (tertiary alicyclic amines) is 1. The normalized spacial score (nSPS) is 14.4. The second-order valence-corrected chi connectivity index (χ2v) is 6.87. The van der Waals surface area contributed by atoms with Gasteiger partial charge in [-0.2, -0.15) is 0 Å². The Morgan fingerprint density at radius 1 is 1.07 bits per heavy atom. The summed E-state index contributed by atoms with van der Waals surface area (Å²) in [5, 5.41) is 24.2. The molecule has 2 aromatic rings. The molecular formula is C21H23N3O6. The van der Waals surface area contributed by atoms with Gasteiger partial charge in [-0.15, -0.1) is 0 Å². The number of ether oxygens (including phenoxy) is 1. The molecular weight excluding hydrogens is 390 g/mol. The van der Waals surface area contributed by atoms with Gasteiger partial charge in [0.2, 0.25) is 5.91 Å². The van der Waals surface area contributed by atoms with Crippen LogP contribution in [0.5, 0.6) is 5.75 Å². The number of aromatic hydroxyl groups is 1. The second-order valence-electron chi connectivity index (χ2n) is 6.87. The van der Waals surface area contributed by atoms with Crippen molar-refractivity contribution in [1.82, 2.24) is 15.5 Å². The summed E-state index contributed by atoms with van der Waals surface area (Å²) in [6.07, 6.45) is -0.821. The zero-order chi connectivity index (χ0) is 21.5. The van der Waals surface area contributed by atoms with E-state index in [1.54, 1.807) is 24.3 Å². The summed E-state index contributed by atoms with van der Waals surface area (Å²) in [5.41, 5.74) is 0.986. The minimum absolute atomic E-state index is 0.0401. The van der Waals surface area contributed by atoms with E-state index in [-0.39, 0.29) is 43.0 Å². The average molecular weight is 413 g/mol. The molecule has 30 heavy (non-hydrogen) atoms. The predicted molar refractivity (Wildman–Crippen MR) is 107 cm³/mol. The van der Waals surface area contributed by atoms with Crippen LogP contribution in [0, 0.1) is 0 Å². The highest BCUT2D eigenvalue weighted by molar-refractivity contribution is 5.97. The number of carbonyl (C=O) groups is 3. The van der Waals surface area contributed by atoms with E-state index >= 15 is 0 Å². The minimum atomic E-state index is -1.17. The first-order valence-corrected chi connectivity index (χ1v) is 9.43. The van der Waals surface area contributed by atoms with Crippen LogP contribution in [0.1, 0.15) is 15.9 Å². The largest absolute Gasteiger partial charge is 0.507 e. The van der Waals surface area contributed by atoms with E-state index in [1.165, 1.54) is 17.0 Å². The van der Waals surface area contributed by atoms with Crippen LogP contribution in [-0.4, -0.2) is 64.8 Å². The molecule has 9 nitrogen and oxygen atoms in total. The maximum absolute atomic E-state index is 12.3. The molecule has 0 bridgehead atoms. The van der Waals surface area contributed by atoms with E-state index in [0.717, 1.165) is 5.56 Å². The molecule has 0 aromatic heterocycles. The summed E-state index contributed by atoms with van der Waals surface area (Å²) in [7, 11) is 0. The van der Waals surface area contributed by atoms with Crippen molar-refractivity contribution in [1.29, 1.82) is 0 Å². The number of carbonyl (C=O) groups excluding carboxylic acids is 3. The summed E-state index contributed by atoms with van der Waals surface area (Å²) in [6.45, 7) is -0.0387. The molecule has 1 aliphatic heterocycles. The van der Waals surface area contributed by atoms with E-state index in [1.807, 2.05) is 18.2 Å². The zero-order valence-electron chi connectivity index (χ0n) is 16.2. The molecule has 0 saturated carbocycles. The molecule has 1 aliphatic rings. The van der Waals surface area contributed by atoms with E-state index in [9.17, 15) is 24.6 Å². The maximum Gasteiger partial charge on any atom is 0.408 e.